The highest BCUT2D eigenvalue weighted by atomic mass is 16.5. The zero-order chi connectivity index (χ0) is 9.84. The Balaban J connectivity index is 3.15. The average Bonchev–Trinajstić information content (AvgIpc) is 2.17. The van der Waals surface area contributed by atoms with Gasteiger partial charge in [-0.25, -0.2) is 9.78 Å². The number of aromatic nitrogens is 1. The van der Waals surface area contributed by atoms with Crippen LogP contribution < -0.4 is 4.74 Å². The molecular formula is C8H9NO4. The van der Waals surface area contributed by atoms with E-state index in [-0.39, 0.29) is 17.2 Å². The molecule has 0 atom stereocenters. The number of nitrogens with zero attached hydrogens (tertiary/aromatic N) is 1. The minimum absolute atomic E-state index is 0.151. The molecule has 5 nitrogen and oxygen atoms in total. The molecule has 0 radical (unpaired) electrons. The molecule has 0 aliphatic rings. The Morgan fingerprint density at radius 1 is 1.54 bits per heavy atom. The largest absolute Gasteiger partial charge is 0.503 e. The lowest BCUT2D eigenvalue weighted by atomic mass is 10.3. The normalized spacial score (nSPS) is 9.38. The van der Waals surface area contributed by atoms with Crippen LogP contribution in [0.1, 0.15) is 10.5 Å². The SMILES string of the molecule is COC(=O)c1nccc(OC)c1O. The Morgan fingerprint density at radius 2 is 2.23 bits per heavy atom. The molecule has 0 spiro atoms. The zero-order valence-corrected chi connectivity index (χ0v) is 7.27. The van der Waals surface area contributed by atoms with E-state index in [4.69, 9.17) is 4.74 Å². The van der Waals surface area contributed by atoms with E-state index in [1.165, 1.54) is 26.5 Å². The first-order valence-corrected chi connectivity index (χ1v) is 3.51. The lowest BCUT2D eigenvalue weighted by molar-refractivity contribution is 0.0589. The van der Waals surface area contributed by atoms with E-state index in [1.807, 2.05) is 0 Å². The standard InChI is InChI=1S/C8H9NO4/c1-12-5-3-4-9-6(7(5)10)8(11)13-2/h3-4,10H,1-2H3. The summed E-state index contributed by atoms with van der Waals surface area (Å²) in [6.07, 6.45) is 1.35. The van der Waals surface area contributed by atoms with E-state index >= 15 is 0 Å². The van der Waals surface area contributed by atoms with E-state index in [0.717, 1.165) is 0 Å². The van der Waals surface area contributed by atoms with Crippen LogP contribution in [0, 0.1) is 0 Å². The smallest absolute Gasteiger partial charge is 0.360 e. The van der Waals surface area contributed by atoms with Crippen molar-refractivity contribution in [2.75, 3.05) is 14.2 Å². The lowest BCUT2D eigenvalue weighted by Crippen LogP contribution is -2.04. The third-order valence-electron chi connectivity index (χ3n) is 1.49. The number of ether oxygens (including phenoxy) is 2. The van der Waals surface area contributed by atoms with E-state index in [9.17, 15) is 9.90 Å². The number of carbonyl (C=O) groups is 1. The van der Waals surface area contributed by atoms with Crippen molar-refractivity contribution in [2.45, 2.75) is 0 Å². The van der Waals surface area contributed by atoms with E-state index in [2.05, 4.69) is 9.72 Å². The molecule has 1 aromatic heterocycles. The highest BCUT2D eigenvalue weighted by Gasteiger charge is 2.16. The van der Waals surface area contributed by atoms with Gasteiger partial charge in [0, 0.05) is 12.3 Å². The summed E-state index contributed by atoms with van der Waals surface area (Å²) in [6, 6.07) is 1.45. The van der Waals surface area contributed by atoms with Gasteiger partial charge in [-0.2, -0.15) is 0 Å². The minimum atomic E-state index is -0.698. The molecule has 13 heavy (non-hydrogen) atoms. The van der Waals surface area contributed by atoms with Gasteiger partial charge in [0.25, 0.3) is 0 Å². The zero-order valence-electron chi connectivity index (χ0n) is 7.27. The predicted octanol–water partition coefficient (Wildman–Crippen LogP) is 0.582. The van der Waals surface area contributed by atoms with Crippen molar-refractivity contribution < 1.29 is 19.4 Å². The van der Waals surface area contributed by atoms with Gasteiger partial charge >= 0.3 is 5.97 Å². The highest BCUT2D eigenvalue weighted by Crippen LogP contribution is 2.27. The molecule has 0 bridgehead atoms. The van der Waals surface area contributed by atoms with Crippen molar-refractivity contribution in [1.29, 1.82) is 0 Å². The number of hydrogen-bond acceptors (Lipinski definition) is 5. The first kappa shape index (κ1) is 9.31. The van der Waals surface area contributed by atoms with Gasteiger partial charge in [0.15, 0.2) is 17.2 Å². The number of pyridine rings is 1. The fourth-order valence-corrected chi connectivity index (χ4v) is 0.847. The van der Waals surface area contributed by atoms with Crippen LogP contribution in [0.5, 0.6) is 11.5 Å². The van der Waals surface area contributed by atoms with Crippen LogP contribution in [-0.4, -0.2) is 30.3 Å². The van der Waals surface area contributed by atoms with Gasteiger partial charge in [-0.15, -0.1) is 0 Å². The second-order valence-electron chi connectivity index (χ2n) is 2.20. The third kappa shape index (κ3) is 1.69. The van der Waals surface area contributed by atoms with Crippen LogP contribution in [0.2, 0.25) is 0 Å². The summed E-state index contributed by atoms with van der Waals surface area (Å²) in [5, 5.41) is 9.40. The molecule has 0 aromatic carbocycles. The molecule has 0 saturated heterocycles. The molecule has 0 aliphatic heterocycles. The fraction of sp³-hybridized carbons (Fsp3) is 0.250. The monoisotopic (exact) mass is 183 g/mol. The van der Waals surface area contributed by atoms with Gasteiger partial charge in [0.2, 0.25) is 0 Å². The van der Waals surface area contributed by atoms with Crippen molar-refractivity contribution in [3.05, 3.63) is 18.0 Å². The Bertz CT molecular complexity index is 324. The van der Waals surface area contributed by atoms with Gasteiger partial charge in [0.1, 0.15) is 0 Å². The number of methoxy groups -OCH3 is 2. The number of hydrogen-bond donors (Lipinski definition) is 1. The Hall–Kier alpha value is -1.78. The average molecular weight is 183 g/mol. The van der Waals surface area contributed by atoms with Crippen LogP contribution in [0.15, 0.2) is 12.3 Å². The van der Waals surface area contributed by atoms with Crippen molar-refractivity contribution in [1.82, 2.24) is 4.98 Å². The molecule has 1 N–H and O–H groups in total. The van der Waals surface area contributed by atoms with E-state index in [0.29, 0.717) is 0 Å². The second-order valence-corrected chi connectivity index (χ2v) is 2.20. The maximum atomic E-state index is 11.0. The van der Waals surface area contributed by atoms with Gasteiger partial charge in [-0.1, -0.05) is 0 Å². The summed E-state index contributed by atoms with van der Waals surface area (Å²) in [5.74, 6) is -0.816. The first-order chi connectivity index (χ1) is 6.20. The molecule has 0 unspecified atom stereocenters. The minimum Gasteiger partial charge on any atom is -0.503 e. The van der Waals surface area contributed by atoms with Crippen LogP contribution in [-0.2, 0) is 4.74 Å². The Morgan fingerprint density at radius 3 is 2.77 bits per heavy atom. The summed E-state index contributed by atoms with van der Waals surface area (Å²) < 4.78 is 9.18. The fourth-order valence-electron chi connectivity index (χ4n) is 0.847. The molecule has 1 heterocycles. The van der Waals surface area contributed by atoms with E-state index < -0.39 is 5.97 Å². The quantitative estimate of drug-likeness (QED) is 0.679. The van der Waals surface area contributed by atoms with Crippen molar-refractivity contribution in [3.8, 4) is 11.5 Å². The van der Waals surface area contributed by atoms with Crippen LogP contribution >= 0.6 is 0 Å². The number of aromatic hydroxyl groups is 1. The lowest BCUT2D eigenvalue weighted by Gasteiger charge is -2.05. The third-order valence-corrected chi connectivity index (χ3v) is 1.49. The van der Waals surface area contributed by atoms with Crippen LogP contribution in [0.3, 0.4) is 0 Å². The maximum Gasteiger partial charge on any atom is 0.360 e. The summed E-state index contributed by atoms with van der Waals surface area (Å²) in [4.78, 5) is 14.7. The number of esters is 1. The summed E-state index contributed by atoms with van der Waals surface area (Å²) in [5.41, 5.74) is -0.151. The van der Waals surface area contributed by atoms with Gasteiger partial charge < -0.3 is 14.6 Å². The molecule has 1 aromatic rings. The van der Waals surface area contributed by atoms with Gasteiger partial charge in [-0.05, 0) is 0 Å². The van der Waals surface area contributed by atoms with Gasteiger partial charge in [0.05, 0.1) is 14.2 Å². The Kier molecular flexibility index (Phi) is 2.69. The second kappa shape index (κ2) is 3.75. The van der Waals surface area contributed by atoms with Gasteiger partial charge in [-0.3, -0.25) is 0 Å². The molecule has 0 amide bonds. The maximum absolute atomic E-state index is 11.0. The summed E-state index contributed by atoms with van der Waals surface area (Å²) in [7, 11) is 2.60. The van der Waals surface area contributed by atoms with E-state index in [1.54, 1.807) is 0 Å². The molecular weight excluding hydrogens is 174 g/mol. The number of carbonyl (C=O) groups excluding carboxylic acids is 1. The van der Waals surface area contributed by atoms with Crippen LogP contribution in [0.25, 0.3) is 0 Å². The van der Waals surface area contributed by atoms with Crippen molar-refractivity contribution in [3.63, 3.8) is 0 Å². The molecule has 1 rings (SSSR count). The molecule has 5 heteroatoms. The first-order valence-electron chi connectivity index (χ1n) is 3.51. The molecule has 0 saturated carbocycles. The molecule has 0 aliphatic carbocycles. The van der Waals surface area contributed by atoms with Crippen molar-refractivity contribution in [2.24, 2.45) is 0 Å². The number of rotatable bonds is 2. The Labute approximate surface area is 74.9 Å². The predicted molar refractivity (Wildman–Crippen MR) is 43.8 cm³/mol. The highest BCUT2D eigenvalue weighted by molar-refractivity contribution is 5.90. The topological polar surface area (TPSA) is 68.7 Å². The summed E-state index contributed by atoms with van der Waals surface area (Å²) in [6.45, 7) is 0. The van der Waals surface area contributed by atoms with Crippen molar-refractivity contribution >= 4 is 5.97 Å². The molecule has 70 valence electrons. The summed E-state index contributed by atoms with van der Waals surface area (Å²) >= 11 is 0. The molecule has 0 fully saturated rings. The van der Waals surface area contributed by atoms with Crippen LogP contribution in [0.4, 0.5) is 0 Å².